The maximum absolute atomic E-state index is 13.4. The highest BCUT2D eigenvalue weighted by Crippen LogP contribution is 2.35. The van der Waals surface area contributed by atoms with Crippen LogP contribution in [-0.4, -0.2) is 34.4 Å². The molecule has 1 amide bonds. The van der Waals surface area contributed by atoms with Gasteiger partial charge in [0.25, 0.3) is 5.91 Å². The van der Waals surface area contributed by atoms with Gasteiger partial charge in [-0.05, 0) is 40.6 Å². The van der Waals surface area contributed by atoms with E-state index in [1.54, 1.807) is 38.4 Å². The van der Waals surface area contributed by atoms with E-state index >= 15 is 0 Å². The van der Waals surface area contributed by atoms with E-state index in [0.717, 1.165) is 16.6 Å². The van der Waals surface area contributed by atoms with E-state index in [9.17, 15) is 27.9 Å². The van der Waals surface area contributed by atoms with Gasteiger partial charge in [0, 0.05) is 16.3 Å². The second kappa shape index (κ2) is 10.9. The maximum atomic E-state index is 13.4. The van der Waals surface area contributed by atoms with Crippen LogP contribution in [0.3, 0.4) is 0 Å². The van der Waals surface area contributed by atoms with E-state index in [-0.39, 0.29) is 23.7 Å². The van der Waals surface area contributed by atoms with E-state index in [4.69, 9.17) is 4.74 Å². The lowest BCUT2D eigenvalue weighted by Crippen LogP contribution is -2.49. The molecule has 0 radical (unpaired) electrons. The number of carboxylic acids is 1. The molecule has 0 fully saturated rings. The van der Waals surface area contributed by atoms with Crippen LogP contribution in [0.25, 0.3) is 22.0 Å². The van der Waals surface area contributed by atoms with Crippen LogP contribution >= 0.6 is 11.3 Å². The number of carbonyl (C=O) groups excluding carboxylic acids is 1. The standard InChI is InChI=1S/C28H25F3N2O5S/c1-27(2,3)24(26(35)36)33-25(34)20-11-8-17-6-7-18(22-14-39-15-32-22)12-21(17)23(20)37-13-16-4-9-19(10-5-16)38-28(29,30)31/h4-12,14-15,24H,13H2,1-3H3,(H,33,34)(H,35,36). The SMILES string of the molecule is CC(C)(C)C(NC(=O)c1ccc2ccc(-c3cscn3)cc2c1OCc1ccc(OC(F)(F)F)cc1)C(=O)O. The zero-order valence-electron chi connectivity index (χ0n) is 21.2. The molecule has 4 aromatic rings. The second-order valence-electron chi connectivity index (χ2n) is 9.84. The molecular formula is C28H25F3N2O5S. The average Bonchev–Trinajstić information content (AvgIpc) is 3.39. The van der Waals surface area contributed by atoms with Crippen molar-refractivity contribution in [1.82, 2.24) is 10.3 Å². The van der Waals surface area contributed by atoms with E-state index in [1.807, 2.05) is 23.6 Å². The number of carboxylic acid groups (broad SMARTS) is 1. The predicted molar refractivity (Wildman–Crippen MR) is 141 cm³/mol. The molecule has 0 aliphatic rings. The Labute approximate surface area is 226 Å². The number of alkyl halides is 3. The van der Waals surface area contributed by atoms with Crippen molar-refractivity contribution in [3.8, 4) is 22.8 Å². The van der Waals surface area contributed by atoms with Crippen molar-refractivity contribution < 1.29 is 37.3 Å². The van der Waals surface area contributed by atoms with Crippen LogP contribution in [0, 0.1) is 5.41 Å². The fourth-order valence-corrected chi connectivity index (χ4v) is 4.50. The zero-order chi connectivity index (χ0) is 28.4. The number of nitrogens with zero attached hydrogens (tertiary/aromatic N) is 1. The van der Waals surface area contributed by atoms with Crippen molar-refractivity contribution in [1.29, 1.82) is 0 Å². The number of ether oxygens (including phenoxy) is 2. The molecular weight excluding hydrogens is 533 g/mol. The average molecular weight is 559 g/mol. The molecule has 1 atom stereocenters. The topological polar surface area (TPSA) is 97.8 Å². The van der Waals surface area contributed by atoms with Crippen molar-refractivity contribution >= 4 is 34.0 Å². The summed E-state index contributed by atoms with van der Waals surface area (Å²) < 4.78 is 47.5. The largest absolute Gasteiger partial charge is 0.573 e. The molecule has 0 saturated heterocycles. The lowest BCUT2D eigenvalue weighted by Gasteiger charge is -2.28. The normalized spacial score (nSPS) is 12.7. The molecule has 0 aliphatic heterocycles. The van der Waals surface area contributed by atoms with Gasteiger partial charge in [-0.15, -0.1) is 24.5 Å². The summed E-state index contributed by atoms with van der Waals surface area (Å²) in [5.41, 5.74) is 3.11. The van der Waals surface area contributed by atoms with Gasteiger partial charge >= 0.3 is 12.3 Å². The highest BCUT2D eigenvalue weighted by molar-refractivity contribution is 7.07. The second-order valence-corrected chi connectivity index (χ2v) is 10.6. The third kappa shape index (κ3) is 6.85. The molecule has 0 bridgehead atoms. The van der Waals surface area contributed by atoms with Gasteiger partial charge in [-0.3, -0.25) is 4.79 Å². The summed E-state index contributed by atoms with van der Waals surface area (Å²) in [6.45, 7) is 5.04. The van der Waals surface area contributed by atoms with Gasteiger partial charge in [0.15, 0.2) is 0 Å². The Morgan fingerprint density at radius 3 is 2.33 bits per heavy atom. The Balaban J connectivity index is 1.72. The molecule has 7 nitrogen and oxygen atoms in total. The van der Waals surface area contributed by atoms with Crippen molar-refractivity contribution in [2.75, 3.05) is 0 Å². The van der Waals surface area contributed by atoms with Crippen LogP contribution in [0.1, 0.15) is 36.7 Å². The summed E-state index contributed by atoms with van der Waals surface area (Å²) in [6, 6.07) is 12.9. The number of hydrogen-bond acceptors (Lipinski definition) is 6. The first-order valence-corrected chi connectivity index (χ1v) is 12.7. The summed E-state index contributed by atoms with van der Waals surface area (Å²) in [6.07, 6.45) is -4.81. The molecule has 11 heteroatoms. The highest BCUT2D eigenvalue weighted by Gasteiger charge is 2.34. The van der Waals surface area contributed by atoms with Crippen molar-refractivity contribution in [3.05, 3.63) is 76.6 Å². The number of fused-ring (bicyclic) bond motifs is 1. The molecule has 1 aromatic heterocycles. The Hall–Kier alpha value is -4.12. The number of thiazole rings is 1. The van der Waals surface area contributed by atoms with Crippen molar-refractivity contribution in [2.24, 2.45) is 5.41 Å². The first kappa shape index (κ1) is 27.9. The summed E-state index contributed by atoms with van der Waals surface area (Å²) in [7, 11) is 0. The molecule has 0 aliphatic carbocycles. The van der Waals surface area contributed by atoms with Crippen molar-refractivity contribution in [2.45, 2.75) is 39.8 Å². The first-order valence-electron chi connectivity index (χ1n) is 11.8. The van der Waals surface area contributed by atoms with Crippen LogP contribution < -0.4 is 14.8 Å². The summed E-state index contributed by atoms with van der Waals surface area (Å²) in [4.78, 5) is 29.6. The Kier molecular flexibility index (Phi) is 7.82. The molecule has 0 spiro atoms. The number of nitrogens with one attached hydrogen (secondary N) is 1. The Bertz CT molecular complexity index is 1480. The fourth-order valence-electron chi connectivity index (χ4n) is 3.94. The van der Waals surface area contributed by atoms with Crippen LogP contribution in [0.15, 0.2) is 65.5 Å². The maximum Gasteiger partial charge on any atom is 0.573 e. The minimum atomic E-state index is -4.81. The van der Waals surface area contributed by atoms with Gasteiger partial charge in [-0.2, -0.15) is 0 Å². The third-order valence-electron chi connectivity index (χ3n) is 5.87. The quantitative estimate of drug-likeness (QED) is 0.251. The lowest BCUT2D eigenvalue weighted by atomic mass is 9.86. The lowest BCUT2D eigenvalue weighted by molar-refractivity contribution is -0.274. The van der Waals surface area contributed by atoms with E-state index < -0.39 is 29.7 Å². The van der Waals surface area contributed by atoms with Gasteiger partial charge in [-0.1, -0.05) is 51.1 Å². The number of amides is 1. The molecule has 2 N–H and O–H groups in total. The smallest absolute Gasteiger partial charge is 0.487 e. The fraction of sp³-hybridized carbons (Fsp3) is 0.250. The number of benzene rings is 3. The third-order valence-corrected chi connectivity index (χ3v) is 6.46. The number of carbonyl (C=O) groups is 2. The molecule has 3 aromatic carbocycles. The molecule has 4 rings (SSSR count). The molecule has 1 unspecified atom stereocenters. The Morgan fingerprint density at radius 2 is 1.74 bits per heavy atom. The van der Waals surface area contributed by atoms with Crippen LogP contribution in [0.5, 0.6) is 11.5 Å². The van der Waals surface area contributed by atoms with E-state index in [1.165, 1.54) is 35.6 Å². The van der Waals surface area contributed by atoms with Crippen molar-refractivity contribution in [3.63, 3.8) is 0 Å². The molecule has 204 valence electrons. The van der Waals surface area contributed by atoms with Crippen LogP contribution in [-0.2, 0) is 11.4 Å². The predicted octanol–water partition coefficient (Wildman–Crippen LogP) is 6.67. The van der Waals surface area contributed by atoms with Gasteiger partial charge in [0.2, 0.25) is 0 Å². The minimum Gasteiger partial charge on any atom is -0.487 e. The van der Waals surface area contributed by atoms with Crippen LogP contribution in [0.2, 0.25) is 0 Å². The Morgan fingerprint density at radius 1 is 1.05 bits per heavy atom. The number of aliphatic carboxylic acids is 1. The van der Waals surface area contributed by atoms with Gasteiger partial charge in [0.05, 0.1) is 16.8 Å². The van der Waals surface area contributed by atoms with Gasteiger partial charge < -0.3 is 19.9 Å². The minimum absolute atomic E-state index is 0.0751. The number of halogens is 3. The molecule has 1 heterocycles. The number of aromatic nitrogens is 1. The highest BCUT2D eigenvalue weighted by atomic mass is 32.1. The summed E-state index contributed by atoms with van der Waals surface area (Å²) in [5, 5.41) is 15.5. The van der Waals surface area contributed by atoms with E-state index in [2.05, 4.69) is 15.0 Å². The van der Waals surface area contributed by atoms with E-state index in [0.29, 0.717) is 10.9 Å². The summed E-state index contributed by atoms with van der Waals surface area (Å²) in [5.74, 6) is -1.98. The molecule has 39 heavy (non-hydrogen) atoms. The monoisotopic (exact) mass is 558 g/mol. The first-order chi connectivity index (χ1) is 18.3. The summed E-state index contributed by atoms with van der Waals surface area (Å²) >= 11 is 1.43. The van der Waals surface area contributed by atoms with Gasteiger partial charge in [0.1, 0.15) is 24.1 Å². The zero-order valence-corrected chi connectivity index (χ0v) is 22.0. The van der Waals surface area contributed by atoms with Gasteiger partial charge in [-0.25, -0.2) is 9.78 Å². The molecule has 0 saturated carbocycles. The van der Waals surface area contributed by atoms with Crippen LogP contribution in [0.4, 0.5) is 13.2 Å². The number of rotatable bonds is 8. The number of hydrogen-bond donors (Lipinski definition) is 2.